The Bertz CT molecular complexity index is 469. The zero-order chi connectivity index (χ0) is 12.0. The van der Waals surface area contributed by atoms with Crippen molar-refractivity contribution in [2.75, 3.05) is 7.11 Å². The number of methoxy groups -OCH3 is 1. The molecule has 1 amide bonds. The lowest BCUT2D eigenvalue weighted by molar-refractivity contribution is -0.0439. The van der Waals surface area contributed by atoms with Crippen molar-refractivity contribution in [1.82, 2.24) is 5.32 Å². The molecule has 4 heteroatoms. The van der Waals surface area contributed by atoms with Crippen LogP contribution in [0.15, 0.2) is 22.7 Å². The standard InChI is InChI=1S/C13H14BrNO2/c1-17-11-3-2-9(14)4-10(11)12(16)15-13-5-8(6-13)7-13/h2-4,8H,5-7H2,1H3,(H,15,16). The van der Waals surface area contributed by atoms with Crippen LogP contribution in [-0.2, 0) is 0 Å². The summed E-state index contributed by atoms with van der Waals surface area (Å²) in [6, 6.07) is 5.48. The summed E-state index contributed by atoms with van der Waals surface area (Å²) in [5.41, 5.74) is 0.710. The summed E-state index contributed by atoms with van der Waals surface area (Å²) in [6.45, 7) is 0. The largest absolute Gasteiger partial charge is 0.496 e. The fraction of sp³-hybridized carbons (Fsp3) is 0.462. The molecule has 1 aromatic rings. The number of carbonyl (C=O) groups excluding carboxylic acids is 1. The lowest BCUT2D eigenvalue weighted by atomic mass is 9.50. The molecule has 0 atom stereocenters. The molecule has 4 rings (SSSR count). The lowest BCUT2D eigenvalue weighted by Crippen LogP contribution is -2.68. The Morgan fingerprint density at radius 3 is 2.71 bits per heavy atom. The van der Waals surface area contributed by atoms with E-state index >= 15 is 0 Å². The molecule has 1 N–H and O–H groups in total. The van der Waals surface area contributed by atoms with E-state index in [0.29, 0.717) is 11.3 Å². The molecule has 0 aromatic heterocycles. The topological polar surface area (TPSA) is 38.3 Å². The van der Waals surface area contributed by atoms with Gasteiger partial charge in [-0.1, -0.05) is 15.9 Å². The van der Waals surface area contributed by atoms with E-state index in [1.165, 1.54) is 0 Å². The van der Waals surface area contributed by atoms with Gasteiger partial charge < -0.3 is 10.1 Å². The van der Waals surface area contributed by atoms with Crippen molar-refractivity contribution in [3.05, 3.63) is 28.2 Å². The zero-order valence-corrected chi connectivity index (χ0v) is 11.2. The quantitative estimate of drug-likeness (QED) is 0.931. The summed E-state index contributed by atoms with van der Waals surface area (Å²) >= 11 is 3.38. The van der Waals surface area contributed by atoms with Gasteiger partial charge in [0.25, 0.3) is 5.91 Å². The molecule has 2 bridgehead atoms. The average Bonchev–Trinajstić information content (AvgIpc) is 2.21. The van der Waals surface area contributed by atoms with E-state index in [1.54, 1.807) is 19.2 Å². The highest BCUT2D eigenvalue weighted by Crippen LogP contribution is 2.57. The smallest absolute Gasteiger partial charge is 0.255 e. The SMILES string of the molecule is COc1ccc(Br)cc1C(=O)NC12CC(C1)C2. The molecule has 17 heavy (non-hydrogen) atoms. The summed E-state index contributed by atoms with van der Waals surface area (Å²) in [5.74, 6) is 1.46. The number of amides is 1. The molecule has 3 nitrogen and oxygen atoms in total. The fourth-order valence-electron chi connectivity index (χ4n) is 2.80. The predicted molar refractivity (Wildman–Crippen MR) is 68.2 cm³/mol. The molecule has 0 radical (unpaired) electrons. The minimum Gasteiger partial charge on any atom is -0.496 e. The maximum atomic E-state index is 12.2. The number of hydrogen-bond acceptors (Lipinski definition) is 2. The highest BCUT2D eigenvalue weighted by molar-refractivity contribution is 9.10. The van der Waals surface area contributed by atoms with E-state index < -0.39 is 0 Å². The van der Waals surface area contributed by atoms with E-state index in [1.807, 2.05) is 6.07 Å². The molecule has 3 aliphatic carbocycles. The Kier molecular flexibility index (Phi) is 2.43. The molecule has 0 aliphatic heterocycles. The van der Waals surface area contributed by atoms with Crippen molar-refractivity contribution in [2.24, 2.45) is 5.92 Å². The summed E-state index contributed by atoms with van der Waals surface area (Å²) in [7, 11) is 1.58. The number of ether oxygens (including phenoxy) is 1. The van der Waals surface area contributed by atoms with Gasteiger partial charge in [0, 0.05) is 10.0 Å². The van der Waals surface area contributed by atoms with Crippen LogP contribution in [0.3, 0.4) is 0 Å². The lowest BCUT2D eigenvalue weighted by Gasteiger charge is -2.61. The van der Waals surface area contributed by atoms with Crippen LogP contribution in [0.4, 0.5) is 0 Å². The molecule has 1 aromatic carbocycles. The Balaban J connectivity index is 1.82. The zero-order valence-electron chi connectivity index (χ0n) is 9.63. The Hall–Kier alpha value is -1.03. The number of nitrogens with one attached hydrogen (secondary N) is 1. The van der Waals surface area contributed by atoms with Crippen LogP contribution in [0.5, 0.6) is 5.75 Å². The van der Waals surface area contributed by atoms with Gasteiger partial charge in [-0.3, -0.25) is 4.79 Å². The first-order valence-corrected chi connectivity index (χ1v) is 6.57. The second kappa shape index (κ2) is 3.73. The van der Waals surface area contributed by atoms with Crippen LogP contribution in [-0.4, -0.2) is 18.6 Å². The van der Waals surface area contributed by atoms with Gasteiger partial charge in [-0.15, -0.1) is 0 Å². The van der Waals surface area contributed by atoms with Crippen molar-refractivity contribution in [3.63, 3.8) is 0 Å². The van der Waals surface area contributed by atoms with Crippen molar-refractivity contribution >= 4 is 21.8 Å². The summed E-state index contributed by atoms with van der Waals surface area (Å²) in [4.78, 5) is 12.2. The third-order valence-corrected chi connectivity index (χ3v) is 4.32. The number of halogens is 1. The maximum absolute atomic E-state index is 12.2. The van der Waals surface area contributed by atoms with Gasteiger partial charge >= 0.3 is 0 Å². The highest BCUT2D eigenvalue weighted by Gasteiger charge is 2.57. The van der Waals surface area contributed by atoms with Crippen molar-refractivity contribution in [1.29, 1.82) is 0 Å². The molecule has 0 spiro atoms. The third kappa shape index (κ3) is 1.75. The summed E-state index contributed by atoms with van der Waals surface area (Å²) in [5, 5.41) is 3.14. The maximum Gasteiger partial charge on any atom is 0.255 e. The summed E-state index contributed by atoms with van der Waals surface area (Å²) < 4.78 is 6.11. The van der Waals surface area contributed by atoms with Crippen LogP contribution < -0.4 is 10.1 Å². The molecular formula is C13H14BrNO2. The third-order valence-electron chi connectivity index (χ3n) is 3.82. The predicted octanol–water partition coefficient (Wildman–Crippen LogP) is 2.74. The second-order valence-electron chi connectivity index (χ2n) is 5.06. The minimum absolute atomic E-state index is 0.0266. The minimum atomic E-state index is -0.0266. The van der Waals surface area contributed by atoms with Crippen LogP contribution in [0.2, 0.25) is 0 Å². The molecule has 0 saturated heterocycles. The van der Waals surface area contributed by atoms with Gasteiger partial charge in [-0.25, -0.2) is 0 Å². The van der Waals surface area contributed by atoms with E-state index in [0.717, 1.165) is 29.7 Å². The molecule has 0 unspecified atom stereocenters. The van der Waals surface area contributed by atoms with E-state index in [2.05, 4.69) is 21.2 Å². The first-order chi connectivity index (χ1) is 8.12. The Labute approximate surface area is 109 Å². The molecular weight excluding hydrogens is 282 g/mol. The van der Waals surface area contributed by atoms with E-state index in [9.17, 15) is 4.79 Å². The normalized spacial score (nSPS) is 28.9. The monoisotopic (exact) mass is 295 g/mol. The first kappa shape index (κ1) is 11.1. The highest BCUT2D eigenvalue weighted by atomic mass is 79.9. The molecule has 90 valence electrons. The second-order valence-corrected chi connectivity index (χ2v) is 5.97. The van der Waals surface area contributed by atoms with Gasteiger partial charge in [0.1, 0.15) is 5.75 Å². The van der Waals surface area contributed by atoms with Crippen LogP contribution in [0.25, 0.3) is 0 Å². The van der Waals surface area contributed by atoms with Gasteiger partial charge in [0.05, 0.1) is 12.7 Å². The van der Waals surface area contributed by atoms with E-state index in [4.69, 9.17) is 4.74 Å². The van der Waals surface area contributed by atoms with Crippen molar-refractivity contribution in [2.45, 2.75) is 24.8 Å². The van der Waals surface area contributed by atoms with Crippen molar-refractivity contribution in [3.8, 4) is 5.75 Å². The number of hydrogen-bond donors (Lipinski definition) is 1. The van der Waals surface area contributed by atoms with Gasteiger partial charge in [0.15, 0.2) is 0 Å². The number of rotatable bonds is 3. The summed E-state index contributed by atoms with van der Waals surface area (Å²) in [6.07, 6.45) is 3.44. The van der Waals surface area contributed by atoms with Crippen LogP contribution in [0, 0.1) is 5.92 Å². The number of carbonyl (C=O) groups is 1. The molecule has 3 fully saturated rings. The van der Waals surface area contributed by atoms with Crippen molar-refractivity contribution < 1.29 is 9.53 Å². The molecule has 3 saturated carbocycles. The van der Waals surface area contributed by atoms with E-state index in [-0.39, 0.29) is 11.4 Å². The van der Waals surface area contributed by atoms with Crippen LogP contribution >= 0.6 is 15.9 Å². The van der Waals surface area contributed by atoms with Gasteiger partial charge in [0.2, 0.25) is 0 Å². The Morgan fingerprint density at radius 2 is 2.18 bits per heavy atom. The first-order valence-electron chi connectivity index (χ1n) is 5.78. The Morgan fingerprint density at radius 1 is 1.47 bits per heavy atom. The molecule has 0 heterocycles. The van der Waals surface area contributed by atoms with Gasteiger partial charge in [-0.05, 0) is 43.4 Å². The average molecular weight is 296 g/mol. The van der Waals surface area contributed by atoms with Crippen LogP contribution in [0.1, 0.15) is 29.6 Å². The van der Waals surface area contributed by atoms with Gasteiger partial charge in [-0.2, -0.15) is 0 Å². The molecule has 3 aliphatic rings. The number of benzene rings is 1. The fourth-order valence-corrected chi connectivity index (χ4v) is 3.16.